The zero-order valence-electron chi connectivity index (χ0n) is 7.06. The molecule has 0 saturated carbocycles. The zero-order valence-corrected chi connectivity index (χ0v) is 7.06. The Hall–Kier alpha value is -1.12. The van der Waals surface area contributed by atoms with Crippen molar-refractivity contribution in [2.45, 2.75) is 25.2 Å². The molecule has 0 bridgehead atoms. The normalized spacial score (nSPS) is 19.5. The number of hydrogen-bond acceptors (Lipinski definition) is 1. The van der Waals surface area contributed by atoms with E-state index in [2.05, 4.69) is 0 Å². The maximum atomic E-state index is 13.0. The molecule has 2 rings (SSSR count). The summed E-state index contributed by atoms with van der Waals surface area (Å²) in [6.45, 7) is 0. The monoisotopic (exact) mass is 184 g/mol. The molecule has 1 aliphatic rings. The minimum Gasteiger partial charge on any atom is -0.508 e. The van der Waals surface area contributed by atoms with Crippen LogP contribution in [0.5, 0.6) is 5.75 Å². The number of benzene rings is 1. The number of aryl methyl sites for hydroxylation is 1. The highest BCUT2D eigenvalue weighted by atomic mass is 19.3. The second kappa shape index (κ2) is 2.69. The van der Waals surface area contributed by atoms with Gasteiger partial charge in [-0.25, -0.2) is 8.78 Å². The minimum atomic E-state index is -2.65. The molecule has 3 heteroatoms. The molecule has 1 N–H and O–H groups in total. The van der Waals surface area contributed by atoms with Gasteiger partial charge in [-0.3, -0.25) is 0 Å². The second-order valence-corrected chi connectivity index (χ2v) is 3.45. The molecule has 0 radical (unpaired) electrons. The van der Waals surface area contributed by atoms with Gasteiger partial charge in [-0.1, -0.05) is 12.1 Å². The van der Waals surface area contributed by atoms with Crippen LogP contribution < -0.4 is 0 Å². The average molecular weight is 184 g/mol. The van der Waals surface area contributed by atoms with Gasteiger partial charge in [0.15, 0.2) is 0 Å². The minimum absolute atomic E-state index is 0.00289. The van der Waals surface area contributed by atoms with Gasteiger partial charge in [-0.15, -0.1) is 0 Å². The van der Waals surface area contributed by atoms with E-state index < -0.39 is 5.92 Å². The Kier molecular flexibility index (Phi) is 1.75. The summed E-state index contributed by atoms with van der Waals surface area (Å²) in [6, 6.07) is 4.95. The molecule has 1 aromatic carbocycles. The molecule has 1 aliphatic carbocycles. The van der Waals surface area contributed by atoms with E-state index >= 15 is 0 Å². The van der Waals surface area contributed by atoms with Crippen LogP contribution in [0.2, 0.25) is 0 Å². The number of aromatic hydroxyl groups is 1. The van der Waals surface area contributed by atoms with Crippen molar-refractivity contribution >= 4 is 0 Å². The fourth-order valence-electron chi connectivity index (χ4n) is 1.72. The first-order chi connectivity index (χ1) is 6.08. The Balaban J connectivity index is 2.44. The van der Waals surface area contributed by atoms with Crippen LogP contribution in [0.3, 0.4) is 0 Å². The van der Waals surface area contributed by atoms with E-state index in [9.17, 15) is 13.9 Å². The van der Waals surface area contributed by atoms with E-state index in [4.69, 9.17) is 0 Å². The largest absolute Gasteiger partial charge is 0.508 e. The third-order valence-electron chi connectivity index (χ3n) is 2.44. The Bertz CT molecular complexity index is 334. The predicted molar refractivity (Wildman–Crippen MR) is 45.1 cm³/mol. The highest BCUT2D eigenvalue weighted by Gasteiger charge is 2.34. The lowest BCUT2D eigenvalue weighted by atomic mass is 9.88. The molecule has 1 nitrogen and oxygen atoms in total. The molecule has 0 atom stereocenters. The lowest BCUT2D eigenvalue weighted by Gasteiger charge is -2.24. The first-order valence-corrected chi connectivity index (χ1v) is 4.26. The van der Waals surface area contributed by atoms with E-state index in [0.717, 1.165) is 5.56 Å². The van der Waals surface area contributed by atoms with Crippen molar-refractivity contribution in [3.63, 3.8) is 0 Å². The molecule has 0 saturated heterocycles. The maximum Gasteiger partial charge on any atom is 0.252 e. The molecule has 0 aliphatic heterocycles. The Morgan fingerprint density at radius 2 is 2.08 bits per heavy atom. The maximum absolute atomic E-state index is 13.0. The summed E-state index contributed by atoms with van der Waals surface area (Å²) in [4.78, 5) is 0. The van der Waals surface area contributed by atoms with E-state index in [1.165, 1.54) is 6.07 Å². The Morgan fingerprint density at radius 1 is 1.31 bits per heavy atom. The number of fused-ring (bicyclic) bond motifs is 1. The molecule has 0 amide bonds. The van der Waals surface area contributed by atoms with E-state index in [0.29, 0.717) is 12.0 Å². The molecule has 70 valence electrons. The Morgan fingerprint density at radius 3 is 2.85 bits per heavy atom. The van der Waals surface area contributed by atoms with Crippen molar-refractivity contribution in [3.8, 4) is 5.75 Å². The van der Waals surface area contributed by atoms with Gasteiger partial charge >= 0.3 is 0 Å². The van der Waals surface area contributed by atoms with Gasteiger partial charge in [0.25, 0.3) is 5.92 Å². The van der Waals surface area contributed by atoms with Crippen molar-refractivity contribution in [2.24, 2.45) is 0 Å². The standard InChI is InChI=1S/C10H10F2O/c11-10(12)5-4-7-2-1-3-9(13)8(7)6-10/h1-3,13H,4-6H2. The molecule has 0 unspecified atom stereocenters. The summed E-state index contributed by atoms with van der Waals surface area (Å²) < 4.78 is 25.9. The summed E-state index contributed by atoms with van der Waals surface area (Å²) in [5.41, 5.74) is 1.27. The zero-order chi connectivity index (χ0) is 9.47. The highest BCUT2D eigenvalue weighted by Crippen LogP contribution is 2.36. The molecule has 0 aromatic heterocycles. The van der Waals surface area contributed by atoms with Crippen LogP contribution in [-0.4, -0.2) is 11.0 Å². The molecule has 0 heterocycles. The van der Waals surface area contributed by atoms with Crippen molar-refractivity contribution in [3.05, 3.63) is 29.3 Å². The number of rotatable bonds is 0. The summed E-state index contributed by atoms with van der Waals surface area (Å²) in [5.74, 6) is -2.65. The summed E-state index contributed by atoms with van der Waals surface area (Å²) >= 11 is 0. The highest BCUT2D eigenvalue weighted by molar-refractivity contribution is 5.41. The second-order valence-electron chi connectivity index (χ2n) is 3.45. The smallest absolute Gasteiger partial charge is 0.252 e. The first kappa shape index (κ1) is 8.48. The summed E-state index contributed by atoms with van der Waals surface area (Å²) in [5, 5.41) is 9.36. The van der Waals surface area contributed by atoms with Crippen molar-refractivity contribution in [1.29, 1.82) is 0 Å². The molecule has 13 heavy (non-hydrogen) atoms. The number of halogens is 2. The predicted octanol–water partition coefficient (Wildman–Crippen LogP) is 2.52. The molecular weight excluding hydrogens is 174 g/mol. The van der Waals surface area contributed by atoms with Gasteiger partial charge in [0.2, 0.25) is 0 Å². The van der Waals surface area contributed by atoms with Gasteiger partial charge in [0, 0.05) is 18.4 Å². The van der Waals surface area contributed by atoms with Crippen LogP contribution in [0.15, 0.2) is 18.2 Å². The van der Waals surface area contributed by atoms with Crippen LogP contribution in [0.4, 0.5) is 8.78 Å². The van der Waals surface area contributed by atoms with E-state index in [1.54, 1.807) is 12.1 Å². The molecule has 1 aromatic rings. The lowest BCUT2D eigenvalue weighted by molar-refractivity contribution is -0.0128. The number of alkyl halides is 2. The first-order valence-electron chi connectivity index (χ1n) is 4.26. The fraction of sp³-hybridized carbons (Fsp3) is 0.400. The summed E-state index contributed by atoms with van der Waals surface area (Å²) in [7, 11) is 0. The third-order valence-corrected chi connectivity index (χ3v) is 2.44. The third kappa shape index (κ3) is 1.50. The molecule has 0 spiro atoms. The SMILES string of the molecule is Oc1cccc2c1CC(F)(F)CC2. The van der Waals surface area contributed by atoms with Gasteiger partial charge in [0.05, 0.1) is 0 Å². The number of hydrogen-bond donors (Lipinski definition) is 1. The van der Waals surface area contributed by atoms with E-state index in [-0.39, 0.29) is 18.6 Å². The lowest BCUT2D eigenvalue weighted by Crippen LogP contribution is -2.25. The quantitative estimate of drug-likeness (QED) is 0.656. The van der Waals surface area contributed by atoms with Gasteiger partial charge in [-0.05, 0) is 18.1 Å². The van der Waals surface area contributed by atoms with Crippen LogP contribution >= 0.6 is 0 Å². The average Bonchev–Trinajstić information content (AvgIpc) is 2.06. The van der Waals surface area contributed by atoms with Gasteiger partial charge in [-0.2, -0.15) is 0 Å². The van der Waals surface area contributed by atoms with Crippen LogP contribution in [0, 0.1) is 0 Å². The molecular formula is C10H10F2O. The van der Waals surface area contributed by atoms with Gasteiger partial charge < -0.3 is 5.11 Å². The topological polar surface area (TPSA) is 20.2 Å². The number of phenols is 1. The van der Waals surface area contributed by atoms with Crippen molar-refractivity contribution in [1.82, 2.24) is 0 Å². The van der Waals surface area contributed by atoms with E-state index in [1.807, 2.05) is 0 Å². The molecule has 0 fully saturated rings. The van der Waals surface area contributed by atoms with Crippen molar-refractivity contribution < 1.29 is 13.9 Å². The fourth-order valence-corrected chi connectivity index (χ4v) is 1.72. The van der Waals surface area contributed by atoms with Crippen LogP contribution in [-0.2, 0) is 12.8 Å². The van der Waals surface area contributed by atoms with Crippen LogP contribution in [0.25, 0.3) is 0 Å². The number of phenolic OH excluding ortho intramolecular Hbond substituents is 1. The van der Waals surface area contributed by atoms with Crippen LogP contribution in [0.1, 0.15) is 17.5 Å². The van der Waals surface area contributed by atoms with Gasteiger partial charge in [0.1, 0.15) is 5.75 Å². The summed E-state index contributed by atoms with van der Waals surface area (Å²) in [6.07, 6.45) is -0.0742. The van der Waals surface area contributed by atoms with Crippen molar-refractivity contribution in [2.75, 3.05) is 0 Å². The Labute approximate surface area is 75.0 Å².